The largest absolute Gasteiger partial charge is 0.487 e. The van der Waals surface area contributed by atoms with Crippen molar-refractivity contribution in [1.82, 2.24) is 0 Å². The topological polar surface area (TPSA) is 39.4 Å². The molecule has 4 rings (SSSR count). The van der Waals surface area contributed by atoms with Crippen LogP contribution in [-0.2, 0) is 19.4 Å². The molecule has 5 heteroatoms. The monoisotopic (exact) mass is 344 g/mol. The SMILES string of the molecule is O=c1oc2cc(OCc3ccccc3F)c(Cl)cc2c2c1CCC2. The summed E-state index contributed by atoms with van der Waals surface area (Å²) in [5, 5.41) is 1.27. The first-order valence-electron chi connectivity index (χ1n) is 7.78. The molecule has 0 unspecified atom stereocenters. The quantitative estimate of drug-likeness (QED) is 0.649. The summed E-state index contributed by atoms with van der Waals surface area (Å²) in [6.07, 6.45) is 2.54. The molecule has 0 saturated carbocycles. The van der Waals surface area contributed by atoms with Crippen LogP contribution in [0, 0.1) is 5.82 Å². The summed E-state index contributed by atoms with van der Waals surface area (Å²) in [6.45, 7) is 0.0487. The Kier molecular flexibility index (Phi) is 3.77. The van der Waals surface area contributed by atoms with Gasteiger partial charge in [-0.25, -0.2) is 9.18 Å². The van der Waals surface area contributed by atoms with Crippen molar-refractivity contribution in [2.75, 3.05) is 0 Å². The second-order valence-electron chi connectivity index (χ2n) is 5.86. The van der Waals surface area contributed by atoms with Gasteiger partial charge in [-0.05, 0) is 37.0 Å². The molecule has 0 spiro atoms. The van der Waals surface area contributed by atoms with Crippen LogP contribution in [0.1, 0.15) is 23.1 Å². The highest BCUT2D eigenvalue weighted by atomic mass is 35.5. The van der Waals surface area contributed by atoms with Gasteiger partial charge >= 0.3 is 5.63 Å². The minimum atomic E-state index is -0.334. The molecule has 0 fully saturated rings. The van der Waals surface area contributed by atoms with Crippen molar-refractivity contribution in [3.63, 3.8) is 0 Å². The van der Waals surface area contributed by atoms with E-state index in [1.807, 2.05) is 0 Å². The van der Waals surface area contributed by atoms with Crippen LogP contribution in [0.3, 0.4) is 0 Å². The highest BCUT2D eigenvalue weighted by molar-refractivity contribution is 6.32. The van der Waals surface area contributed by atoms with Gasteiger partial charge in [-0.15, -0.1) is 0 Å². The summed E-state index contributed by atoms with van der Waals surface area (Å²) < 4.78 is 24.7. The lowest BCUT2D eigenvalue weighted by atomic mass is 10.1. The van der Waals surface area contributed by atoms with Crippen LogP contribution in [0.2, 0.25) is 5.02 Å². The molecule has 0 N–H and O–H groups in total. The third-order valence-corrected chi connectivity index (χ3v) is 4.66. The summed E-state index contributed by atoms with van der Waals surface area (Å²) in [5.41, 5.74) is 2.36. The Balaban J connectivity index is 1.72. The normalized spacial score (nSPS) is 13.2. The maximum Gasteiger partial charge on any atom is 0.339 e. The Morgan fingerprint density at radius 3 is 2.79 bits per heavy atom. The maximum atomic E-state index is 13.7. The van der Waals surface area contributed by atoms with Crippen LogP contribution in [-0.4, -0.2) is 0 Å². The number of ether oxygens (including phenoxy) is 1. The third-order valence-electron chi connectivity index (χ3n) is 4.37. The number of benzene rings is 2. The highest BCUT2D eigenvalue weighted by Crippen LogP contribution is 2.35. The third kappa shape index (κ3) is 2.57. The average molecular weight is 345 g/mol. The minimum absolute atomic E-state index is 0.0487. The van der Waals surface area contributed by atoms with E-state index in [2.05, 4.69) is 0 Å². The molecular formula is C19H14ClFO3. The van der Waals surface area contributed by atoms with Gasteiger partial charge in [0.15, 0.2) is 0 Å². The van der Waals surface area contributed by atoms with Gasteiger partial charge < -0.3 is 9.15 Å². The van der Waals surface area contributed by atoms with Crippen LogP contribution in [0.4, 0.5) is 4.39 Å². The summed E-state index contributed by atoms with van der Waals surface area (Å²) in [5.74, 6) is 0.0345. The second-order valence-corrected chi connectivity index (χ2v) is 6.27. The Morgan fingerprint density at radius 2 is 1.96 bits per heavy atom. The number of fused-ring (bicyclic) bond motifs is 3. The Labute approximate surface area is 142 Å². The molecular weight excluding hydrogens is 331 g/mol. The van der Waals surface area contributed by atoms with E-state index in [-0.39, 0.29) is 18.0 Å². The molecule has 24 heavy (non-hydrogen) atoms. The summed E-state index contributed by atoms with van der Waals surface area (Å²) in [4.78, 5) is 12.1. The molecule has 1 aromatic heterocycles. The lowest BCUT2D eigenvalue weighted by Gasteiger charge is -2.11. The Bertz CT molecular complexity index is 994. The predicted octanol–water partition coefficient (Wildman–Crippen LogP) is 4.65. The van der Waals surface area contributed by atoms with E-state index in [4.69, 9.17) is 20.8 Å². The van der Waals surface area contributed by atoms with Crippen LogP contribution >= 0.6 is 11.6 Å². The fraction of sp³-hybridized carbons (Fsp3) is 0.211. The van der Waals surface area contributed by atoms with Gasteiger partial charge in [0.2, 0.25) is 0 Å². The molecule has 3 nitrogen and oxygen atoms in total. The van der Waals surface area contributed by atoms with Gasteiger partial charge in [0.25, 0.3) is 0 Å². The number of aryl methyl sites for hydroxylation is 1. The minimum Gasteiger partial charge on any atom is -0.487 e. The molecule has 2 aromatic carbocycles. The number of hydrogen-bond donors (Lipinski definition) is 0. The van der Waals surface area contributed by atoms with Crippen molar-refractivity contribution in [1.29, 1.82) is 0 Å². The van der Waals surface area contributed by atoms with Crippen molar-refractivity contribution in [3.05, 3.63) is 74.3 Å². The number of hydrogen-bond acceptors (Lipinski definition) is 3. The zero-order valence-electron chi connectivity index (χ0n) is 12.8. The van der Waals surface area contributed by atoms with Crippen LogP contribution < -0.4 is 10.4 Å². The molecule has 0 saturated heterocycles. The summed E-state index contributed by atoms with van der Waals surface area (Å²) in [7, 11) is 0. The second kappa shape index (κ2) is 5.95. The first-order chi connectivity index (χ1) is 11.6. The van der Waals surface area contributed by atoms with E-state index in [9.17, 15) is 9.18 Å². The van der Waals surface area contributed by atoms with Gasteiger partial charge in [-0.1, -0.05) is 29.8 Å². The van der Waals surface area contributed by atoms with Crippen LogP contribution in [0.15, 0.2) is 45.6 Å². The summed E-state index contributed by atoms with van der Waals surface area (Å²) in [6, 6.07) is 9.77. The maximum absolute atomic E-state index is 13.7. The fourth-order valence-corrected chi connectivity index (χ4v) is 3.38. The highest BCUT2D eigenvalue weighted by Gasteiger charge is 2.21. The molecule has 1 aliphatic rings. The Hall–Kier alpha value is -2.33. The van der Waals surface area contributed by atoms with Crippen molar-refractivity contribution in [2.45, 2.75) is 25.9 Å². The molecule has 0 radical (unpaired) electrons. The molecule has 0 amide bonds. The van der Waals surface area contributed by atoms with Crippen molar-refractivity contribution in [3.8, 4) is 5.75 Å². The molecule has 0 bridgehead atoms. The van der Waals surface area contributed by atoms with E-state index in [0.29, 0.717) is 21.9 Å². The molecule has 0 aliphatic heterocycles. The van der Waals surface area contributed by atoms with Crippen molar-refractivity contribution < 1.29 is 13.5 Å². The van der Waals surface area contributed by atoms with E-state index in [1.165, 1.54) is 6.07 Å². The summed E-state index contributed by atoms with van der Waals surface area (Å²) >= 11 is 6.31. The first-order valence-corrected chi connectivity index (χ1v) is 8.15. The standard InChI is InChI=1S/C19H14ClFO3/c20-15-8-14-12-5-3-6-13(12)19(22)24-17(14)9-18(15)23-10-11-4-1-2-7-16(11)21/h1-2,4,7-9H,3,5-6,10H2. The van der Waals surface area contributed by atoms with Crippen molar-refractivity contribution in [2.24, 2.45) is 0 Å². The zero-order chi connectivity index (χ0) is 16.7. The molecule has 1 heterocycles. The Morgan fingerprint density at radius 1 is 1.17 bits per heavy atom. The molecule has 122 valence electrons. The number of rotatable bonds is 3. The first kappa shape index (κ1) is 15.2. The van der Waals surface area contributed by atoms with Gasteiger partial charge in [0.1, 0.15) is 23.8 Å². The molecule has 0 atom stereocenters. The van der Waals surface area contributed by atoms with Crippen LogP contribution in [0.5, 0.6) is 5.75 Å². The average Bonchev–Trinajstić information content (AvgIpc) is 3.06. The zero-order valence-corrected chi connectivity index (χ0v) is 13.5. The van der Waals surface area contributed by atoms with Gasteiger partial charge in [-0.3, -0.25) is 0 Å². The van der Waals surface area contributed by atoms with Gasteiger partial charge in [0.05, 0.1) is 5.02 Å². The molecule has 1 aliphatic carbocycles. The lowest BCUT2D eigenvalue weighted by Crippen LogP contribution is -2.07. The van der Waals surface area contributed by atoms with Gasteiger partial charge in [0, 0.05) is 22.6 Å². The van der Waals surface area contributed by atoms with E-state index in [0.717, 1.165) is 35.8 Å². The smallest absolute Gasteiger partial charge is 0.339 e. The predicted molar refractivity (Wildman–Crippen MR) is 90.3 cm³/mol. The van der Waals surface area contributed by atoms with E-state index < -0.39 is 0 Å². The lowest BCUT2D eigenvalue weighted by molar-refractivity contribution is 0.300. The van der Waals surface area contributed by atoms with E-state index in [1.54, 1.807) is 30.3 Å². The fourth-order valence-electron chi connectivity index (χ4n) is 3.16. The van der Waals surface area contributed by atoms with Crippen molar-refractivity contribution >= 4 is 22.6 Å². The van der Waals surface area contributed by atoms with Crippen LogP contribution in [0.25, 0.3) is 11.0 Å². The van der Waals surface area contributed by atoms with Gasteiger partial charge in [-0.2, -0.15) is 0 Å². The number of halogens is 2. The van der Waals surface area contributed by atoms with E-state index >= 15 is 0 Å². The molecule has 3 aromatic rings.